The predicted octanol–water partition coefficient (Wildman–Crippen LogP) is 5.31. The van der Waals surface area contributed by atoms with Crippen molar-refractivity contribution in [2.24, 2.45) is 0 Å². The summed E-state index contributed by atoms with van der Waals surface area (Å²) in [7, 11) is 4.82. The maximum atomic E-state index is 6.16. The molecule has 126 valence electrons. The highest BCUT2D eigenvalue weighted by Gasteiger charge is 2.16. The van der Waals surface area contributed by atoms with Gasteiger partial charge in [-0.2, -0.15) is 0 Å². The summed E-state index contributed by atoms with van der Waals surface area (Å²) in [6.45, 7) is 2.05. The molecular weight excluding hydrogens is 346 g/mol. The van der Waals surface area contributed by atoms with E-state index in [0.717, 1.165) is 26.4 Å². The normalized spacial score (nSPS) is 10.9. The van der Waals surface area contributed by atoms with Crippen LogP contribution in [0.1, 0.15) is 5.69 Å². The van der Waals surface area contributed by atoms with E-state index in [-0.39, 0.29) is 0 Å². The number of hydrogen-bond acceptors (Lipinski definition) is 4. The number of nitrogens with one attached hydrogen (secondary N) is 1. The van der Waals surface area contributed by atoms with E-state index in [9.17, 15) is 0 Å². The van der Waals surface area contributed by atoms with Gasteiger partial charge in [0, 0.05) is 31.4 Å². The Balaban J connectivity index is 2.08. The third kappa shape index (κ3) is 3.01. The fourth-order valence-electron chi connectivity index (χ4n) is 2.64. The Morgan fingerprint density at radius 1 is 0.958 bits per heavy atom. The number of H-pyrrole nitrogens is 1. The van der Waals surface area contributed by atoms with Crippen molar-refractivity contribution in [1.82, 2.24) is 4.98 Å². The summed E-state index contributed by atoms with van der Waals surface area (Å²) in [5.41, 5.74) is 2.15. The summed E-state index contributed by atoms with van der Waals surface area (Å²) in [5.74, 6) is 1.85. The van der Waals surface area contributed by atoms with E-state index in [1.54, 1.807) is 33.1 Å². The van der Waals surface area contributed by atoms with Gasteiger partial charge in [-0.25, -0.2) is 0 Å². The molecule has 0 fully saturated rings. The Kier molecular flexibility index (Phi) is 4.83. The number of ether oxygens (including phenoxy) is 3. The highest BCUT2D eigenvalue weighted by Crippen LogP contribution is 2.44. The molecule has 1 N–H and O–H groups in total. The molecule has 4 nitrogen and oxygen atoms in total. The molecule has 0 aliphatic rings. The van der Waals surface area contributed by atoms with Crippen LogP contribution < -0.4 is 14.2 Å². The highest BCUT2D eigenvalue weighted by atomic mass is 35.5. The summed E-state index contributed by atoms with van der Waals surface area (Å²) in [4.78, 5) is 5.51. The Labute approximate surface area is 150 Å². The van der Waals surface area contributed by atoms with Gasteiger partial charge in [0.1, 0.15) is 0 Å². The summed E-state index contributed by atoms with van der Waals surface area (Å²) < 4.78 is 16.2. The SMILES string of the molecule is COc1cc(Sc2c(C)[nH]c3ccc(Cl)cc23)cc(OC)c1OC. The molecule has 1 heterocycles. The lowest BCUT2D eigenvalue weighted by Gasteiger charge is -2.14. The van der Waals surface area contributed by atoms with Crippen LogP contribution in [0, 0.1) is 6.92 Å². The van der Waals surface area contributed by atoms with Crippen molar-refractivity contribution in [2.45, 2.75) is 16.7 Å². The van der Waals surface area contributed by atoms with Crippen molar-refractivity contribution >= 4 is 34.3 Å². The number of benzene rings is 2. The molecule has 6 heteroatoms. The monoisotopic (exact) mass is 363 g/mol. The Hall–Kier alpha value is -1.98. The molecule has 0 spiro atoms. The van der Waals surface area contributed by atoms with Gasteiger partial charge < -0.3 is 19.2 Å². The molecule has 0 aliphatic carbocycles. The lowest BCUT2D eigenvalue weighted by molar-refractivity contribution is 0.323. The quantitative estimate of drug-likeness (QED) is 0.667. The minimum atomic E-state index is 0.586. The van der Waals surface area contributed by atoms with Gasteiger partial charge in [0.15, 0.2) is 11.5 Å². The van der Waals surface area contributed by atoms with E-state index in [2.05, 4.69) is 4.98 Å². The van der Waals surface area contributed by atoms with Crippen LogP contribution in [0.5, 0.6) is 17.2 Å². The van der Waals surface area contributed by atoms with Crippen LogP contribution in [0.4, 0.5) is 0 Å². The van der Waals surface area contributed by atoms with Crippen molar-refractivity contribution in [2.75, 3.05) is 21.3 Å². The number of aromatic amines is 1. The number of halogens is 1. The average molecular weight is 364 g/mol. The zero-order chi connectivity index (χ0) is 17.3. The molecule has 3 aromatic rings. The second kappa shape index (κ2) is 6.87. The van der Waals surface area contributed by atoms with Gasteiger partial charge in [0.25, 0.3) is 0 Å². The minimum absolute atomic E-state index is 0.586. The predicted molar refractivity (Wildman–Crippen MR) is 98.3 cm³/mol. The van der Waals surface area contributed by atoms with Crippen LogP contribution in [0.15, 0.2) is 40.1 Å². The third-order valence-corrected chi connectivity index (χ3v) is 5.18. The molecule has 0 saturated heterocycles. The molecule has 0 unspecified atom stereocenters. The number of hydrogen-bond donors (Lipinski definition) is 1. The molecule has 3 rings (SSSR count). The number of aromatic nitrogens is 1. The Bertz CT molecular complexity index is 866. The molecule has 24 heavy (non-hydrogen) atoms. The summed E-state index contributed by atoms with van der Waals surface area (Å²) in [5, 5.41) is 1.81. The first-order valence-electron chi connectivity index (χ1n) is 7.33. The second-order valence-corrected chi connectivity index (χ2v) is 6.75. The van der Waals surface area contributed by atoms with Crippen LogP contribution in [-0.4, -0.2) is 26.3 Å². The van der Waals surface area contributed by atoms with Crippen LogP contribution in [0.2, 0.25) is 5.02 Å². The average Bonchev–Trinajstić information content (AvgIpc) is 2.89. The highest BCUT2D eigenvalue weighted by molar-refractivity contribution is 7.99. The molecule has 0 amide bonds. The van der Waals surface area contributed by atoms with Crippen LogP contribution in [-0.2, 0) is 0 Å². The van der Waals surface area contributed by atoms with Gasteiger partial charge in [-0.05, 0) is 37.3 Å². The largest absolute Gasteiger partial charge is 0.493 e. The Morgan fingerprint density at radius 3 is 2.21 bits per heavy atom. The van der Waals surface area contributed by atoms with Crippen molar-refractivity contribution in [3.8, 4) is 17.2 Å². The van der Waals surface area contributed by atoms with Crippen molar-refractivity contribution in [3.63, 3.8) is 0 Å². The summed E-state index contributed by atoms with van der Waals surface area (Å²) in [6, 6.07) is 9.72. The van der Waals surface area contributed by atoms with Gasteiger partial charge in [-0.1, -0.05) is 23.4 Å². The maximum Gasteiger partial charge on any atom is 0.203 e. The van der Waals surface area contributed by atoms with E-state index in [0.29, 0.717) is 22.3 Å². The van der Waals surface area contributed by atoms with E-state index < -0.39 is 0 Å². The van der Waals surface area contributed by atoms with E-state index >= 15 is 0 Å². The molecule has 0 radical (unpaired) electrons. The summed E-state index contributed by atoms with van der Waals surface area (Å²) >= 11 is 7.79. The third-order valence-electron chi connectivity index (χ3n) is 3.75. The van der Waals surface area contributed by atoms with Crippen LogP contribution in [0.3, 0.4) is 0 Å². The number of aryl methyl sites for hydroxylation is 1. The van der Waals surface area contributed by atoms with E-state index in [1.165, 1.54) is 0 Å². The Morgan fingerprint density at radius 2 is 1.62 bits per heavy atom. The first kappa shape index (κ1) is 16.9. The lowest BCUT2D eigenvalue weighted by atomic mass is 10.2. The molecule has 0 saturated carbocycles. The molecule has 0 atom stereocenters. The van der Waals surface area contributed by atoms with Gasteiger partial charge >= 0.3 is 0 Å². The summed E-state index contributed by atoms with van der Waals surface area (Å²) in [6.07, 6.45) is 0. The maximum absolute atomic E-state index is 6.16. The van der Waals surface area contributed by atoms with Gasteiger partial charge in [-0.3, -0.25) is 0 Å². The molecular formula is C18H18ClNO3S. The standard InChI is InChI=1S/C18H18ClNO3S/c1-10-18(13-7-11(19)5-6-14(13)20-10)24-12-8-15(21-2)17(23-4)16(9-12)22-3/h5-9,20H,1-4H3. The zero-order valence-electron chi connectivity index (χ0n) is 13.9. The second-order valence-electron chi connectivity index (χ2n) is 5.23. The van der Waals surface area contributed by atoms with Crippen molar-refractivity contribution in [3.05, 3.63) is 41.0 Å². The lowest BCUT2D eigenvalue weighted by Crippen LogP contribution is -1.95. The molecule has 0 bridgehead atoms. The smallest absolute Gasteiger partial charge is 0.203 e. The first-order valence-corrected chi connectivity index (χ1v) is 8.52. The van der Waals surface area contributed by atoms with Crippen molar-refractivity contribution in [1.29, 1.82) is 0 Å². The van der Waals surface area contributed by atoms with E-state index in [1.807, 2.05) is 37.3 Å². The van der Waals surface area contributed by atoms with E-state index in [4.69, 9.17) is 25.8 Å². The molecule has 0 aliphatic heterocycles. The number of fused-ring (bicyclic) bond motifs is 1. The fraction of sp³-hybridized carbons (Fsp3) is 0.222. The van der Waals surface area contributed by atoms with Gasteiger partial charge in [-0.15, -0.1) is 0 Å². The molecule has 1 aromatic heterocycles. The van der Waals surface area contributed by atoms with Crippen LogP contribution >= 0.6 is 23.4 Å². The number of methoxy groups -OCH3 is 3. The van der Waals surface area contributed by atoms with Gasteiger partial charge in [0.05, 0.1) is 21.3 Å². The van der Waals surface area contributed by atoms with Crippen LogP contribution in [0.25, 0.3) is 10.9 Å². The topological polar surface area (TPSA) is 43.5 Å². The first-order chi connectivity index (χ1) is 11.6. The molecule has 2 aromatic carbocycles. The fourth-order valence-corrected chi connectivity index (χ4v) is 3.86. The van der Waals surface area contributed by atoms with Crippen molar-refractivity contribution < 1.29 is 14.2 Å². The minimum Gasteiger partial charge on any atom is -0.493 e. The zero-order valence-corrected chi connectivity index (χ0v) is 15.5. The number of rotatable bonds is 5. The van der Waals surface area contributed by atoms with Gasteiger partial charge in [0.2, 0.25) is 5.75 Å².